The van der Waals surface area contributed by atoms with E-state index in [2.05, 4.69) is 28.6 Å². The predicted molar refractivity (Wildman–Crippen MR) is 113 cm³/mol. The lowest BCUT2D eigenvalue weighted by molar-refractivity contribution is 0.105. The van der Waals surface area contributed by atoms with Crippen LogP contribution in [0.2, 0.25) is 0 Å². The van der Waals surface area contributed by atoms with Crippen molar-refractivity contribution < 1.29 is 4.74 Å². The standard InChI is InChI=1S/C19H35N3O.HI/c1-3-23-15-13-19(11-6-7-12-19)16-22-18(20-2)21-14-10-17-8-4-5-9-17;/h8H,3-7,9-16H2,1-2H3,(H2,20,21,22);1H. The van der Waals surface area contributed by atoms with Crippen molar-refractivity contribution in [1.29, 1.82) is 0 Å². The Hall–Kier alpha value is -0.300. The molecule has 24 heavy (non-hydrogen) atoms. The zero-order valence-electron chi connectivity index (χ0n) is 15.5. The van der Waals surface area contributed by atoms with Crippen LogP contribution in [-0.2, 0) is 4.74 Å². The van der Waals surface area contributed by atoms with E-state index in [1.165, 1.54) is 44.9 Å². The third kappa shape index (κ3) is 7.30. The van der Waals surface area contributed by atoms with Crippen LogP contribution in [0.1, 0.15) is 64.7 Å². The fraction of sp³-hybridized carbons (Fsp3) is 0.842. The summed E-state index contributed by atoms with van der Waals surface area (Å²) in [4.78, 5) is 4.38. The summed E-state index contributed by atoms with van der Waals surface area (Å²) in [5.74, 6) is 0.950. The van der Waals surface area contributed by atoms with Crippen molar-refractivity contribution in [1.82, 2.24) is 10.6 Å². The Bertz CT molecular complexity index is 403. The van der Waals surface area contributed by atoms with E-state index in [0.717, 1.165) is 45.1 Å². The van der Waals surface area contributed by atoms with Gasteiger partial charge in [-0.05, 0) is 57.3 Å². The van der Waals surface area contributed by atoms with Crippen LogP contribution in [0.5, 0.6) is 0 Å². The van der Waals surface area contributed by atoms with E-state index in [1.54, 1.807) is 5.57 Å². The maximum Gasteiger partial charge on any atom is 0.191 e. The molecule has 2 aliphatic rings. The number of nitrogens with zero attached hydrogens (tertiary/aromatic N) is 1. The Morgan fingerprint density at radius 2 is 2.04 bits per heavy atom. The van der Waals surface area contributed by atoms with Crippen LogP contribution in [0.25, 0.3) is 0 Å². The molecule has 0 atom stereocenters. The van der Waals surface area contributed by atoms with E-state index in [1.807, 2.05) is 7.05 Å². The maximum atomic E-state index is 5.60. The van der Waals surface area contributed by atoms with Crippen LogP contribution < -0.4 is 10.6 Å². The molecule has 0 unspecified atom stereocenters. The highest BCUT2D eigenvalue weighted by molar-refractivity contribution is 14.0. The predicted octanol–water partition coefficient (Wildman–Crippen LogP) is 4.26. The molecule has 0 aliphatic heterocycles. The molecule has 2 N–H and O–H groups in total. The summed E-state index contributed by atoms with van der Waals surface area (Å²) in [6.07, 6.45) is 14.0. The first-order valence-corrected chi connectivity index (χ1v) is 9.48. The lowest BCUT2D eigenvalue weighted by Crippen LogP contribution is -2.43. The quantitative estimate of drug-likeness (QED) is 0.182. The van der Waals surface area contributed by atoms with E-state index in [9.17, 15) is 0 Å². The van der Waals surface area contributed by atoms with Crippen LogP contribution in [-0.4, -0.2) is 39.3 Å². The first-order chi connectivity index (χ1) is 11.3. The van der Waals surface area contributed by atoms with E-state index in [-0.39, 0.29) is 24.0 Å². The van der Waals surface area contributed by atoms with Gasteiger partial charge in [-0.25, -0.2) is 0 Å². The molecule has 0 bridgehead atoms. The average molecular weight is 449 g/mol. The number of rotatable bonds is 9. The first-order valence-electron chi connectivity index (χ1n) is 9.48. The first kappa shape index (κ1) is 21.7. The average Bonchev–Trinajstić information content (AvgIpc) is 3.23. The van der Waals surface area contributed by atoms with Crippen LogP contribution in [0.4, 0.5) is 0 Å². The van der Waals surface area contributed by atoms with E-state index < -0.39 is 0 Å². The summed E-state index contributed by atoms with van der Waals surface area (Å²) < 4.78 is 5.60. The molecule has 2 rings (SSSR count). The summed E-state index contributed by atoms with van der Waals surface area (Å²) in [5.41, 5.74) is 2.01. The molecule has 0 aromatic rings. The van der Waals surface area contributed by atoms with Crippen molar-refractivity contribution in [3.8, 4) is 0 Å². The van der Waals surface area contributed by atoms with Gasteiger partial charge in [0, 0.05) is 33.4 Å². The van der Waals surface area contributed by atoms with E-state index in [0.29, 0.717) is 5.41 Å². The highest BCUT2D eigenvalue weighted by Crippen LogP contribution is 2.40. The second kappa shape index (κ2) is 12.1. The number of halogens is 1. The molecule has 1 fully saturated rings. The summed E-state index contributed by atoms with van der Waals surface area (Å²) in [6, 6.07) is 0. The van der Waals surface area contributed by atoms with Crippen molar-refractivity contribution in [2.24, 2.45) is 10.4 Å². The zero-order valence-corrected chi connectivity index (χ0v) is 17.9. The smallest absolute Gasteiger partial charge is 0.191 e. The summed E-state index contributed by atoms with van der Waals surface area (Å²) in [7, 11) is 1.87. The minimum absolute atomic E-state index is 0. The summed E-state index contributed by atoms with van der Waals surface area (Å²) >= 11 is 0. The molecule has 0 amide bonds. The molecule has 0 spiro atoms. The van der Waals surface area contributed by atoms with Gasteiger partial charge in [-0.1, -0.05) is 24.5 Å². The van der Waals surface area contributed by atoms with Crippen molar-refractivity contribution in [3.63, 3.8) is 0 Å². The molecule has 0 aromatic heterocycles. The van der Waals surface area contributed by atoms with Crippen molar-refractivity contribution in [2.45, 2.75) is 64.7 Å². The van der Waals surface area contributed by atoms with Gasteiger partial charge in [-0.15, -0.1) is 24.0 Å². The molecule has 4 nitrogen and oxygen atoms in total. The molecule has 0 saturated heterocycles. The summed E-state index contributed by atoms with van der Waals surface area (Å²) in [5, 5.41) is 7.04. The molecular formula is C19H36IN3O. The molecule has 5 heteroatoms. The van der Waals surface area contributed by atoms with Gasteiger partial charge in [-0.2, -0.15) is 0 Å². The van der Waals surface area contributed by atoms with Crippen LogP contribution in [0.3, 0.4) is 0 Å². The normalized spacial score (nSPS) is 19.8. The Balaban J connectivity index is 0.00000288. The topological polar surface area (TPSA) is 45.6 Å². The molecule has 2 aliphatic carbocycles. The number of nitrogens with one attached hydrogen (secondary N) is 2. The van der Waals surface area contributed by atoms with Gasteiger partial charge in [0.1, 0.15) is 0 Å². The third-order valence-corrected chi connectivity index (χ3v) is 5.37. The number of ether oxygens (including phenoxy) is 1. The number of allylic oxidation sites excluding steroid dienone is 1. The molecule has 1 saturated carbocycles. The number of hydrogen-bond acceptors (Lipinski definition) is 2. The van der Waals surface area contributed by atoms with Gasteiger partial charge in [0.05, 0.1) is 0 Å². The van der Waals surface area contributed by atoms with Gasteiger partial charge < -0.3 is 15.4 Å². The number of aliphatic imine (C=N–C) groups is 1. The highest BCUT2D eigenvalue weighted by Gasteiger charge is 2.33. The second-order valence-electron chi connectivity index (χ2n) is 7.01. The third-order valence-electron chi connectivity index (χ3n) is 5.37. The zero-order chi connectivity index (χ0) is 16.4. The monoisotopic (exact) mass is 449 g/mol. The van der Waals surface area contributed by atoms with Crippen molar-refractivity contribution >= 4 is 29.9 Å². The van der Waals surface area contributed by atoms with Gasteiger partial charge in [0.25, 0.3) is 0 Å². The van der Waals surface area contributed by atoms with Gasteiger partial charge in [-0.3, -0.25) is 4.99 Å². The Morgan fingerprint density at radius 1 is 1.25 bits per heavy atom. The second-order valence-corrected chi connectivity index (χ2v) is 7.01. The van der Waals surface area contributed by atoms with Gasteiger partial charge in [0.15, 0.2) is 5.96 Å². The summed E-state index contributed by atoms with van der Waals surface area (Å²) in [6.45, 7) is 5.78. The fourth-order valence-corrected chi connectivity index (χ4v) is 3.87. The molecule has 140 valence electrons. The molecule has 0 aromatic carbocycles. The molecule has 0 radical (unpaired) electrons. The minimum Gasteiger partial charge on any atom is -0.382 e. The van der Waals surface area contributed by atoms with E-state index in [4.69, 9.17) is 4.74 Å². The van der Waals surface area contributed by atoms with E-state index >= 15 is 0 Å². The Labute approximate surface area is 165 Å². The SMILES string of the molecule is CCOCCC1(CNC(=NC)NCCC2=CCCC2)CCCC1.I. The largest absolute Gasteiger partial charge is 0.382 e. The maximum absolute atomic E-state index is 5.60. The Kier molecular flexibility index (Phi) is 11.0. The lowest BCUT2D eigenvalue weighted by Gasteiger charge is -2.30. The van der Waals surface area contributed by atoms with Gasteiger partial charge in [0.2, 0.25) is 0 Å². The highest BCUT2D eigenvalue weighted by atomic mass is 127. The van der Waals surface area contributed by atoms with Crippen molar-refractivity contribution in [2.75, 3.05) is 33.4 Å². The van der Waals surface area contributed by atoms with Crippen LogP contribution >= 0.6 is 24.0 Å². The molecular weight excluding hydrogens is 413 g/mol. The Morgan fingerprint density at radius 3 is 2.67 bits per heavy atom. The fourth-order valence-electron chi connectivity index (χ4n) is 3.87. The van der Waals surface area contributed by atoms with Crippen molar-refractivity contribution in [3.05, 3.63) is 11.6 Å². The number of hydrogen-bond donors (Lipinski definition) is 2. The molecule has 0 heterocycles. The van der Waals surface area contributed by atoms with Crippen LogP contribution in [0, 0.1) is 5.41 Å². The minimum atomic E-state index is 0. The lowest BCUT2D eigenvalue weighted by atomic mass is 9.83. The van der Waals surface area contributed by atoms with Gasteiger partial charge >= 0.3 is 0 Å². The number of guanidine groups is 1. The van der Waals surface area contributed by atoms with Crippen LogP contribution in [0.15, 0.2) is 16.6 Å².